The van der Waals surface area contributed by atoms with E-state index in [2.05, 4.69) is 44.2 Å². The van der Waals surface area contributed by atoms with Crippen LogP contribution in [0.1, 0.15) is 152 Å². The molecule has 0 aliphatic heterocycles. The number of ether oxygens (including phenoxy) is 4. The smallest absolute Gasteiger partial charge is 0.337 e. The van der Waals surface area contributed by atoms with Crippen LogP contribution in [0.25, 0.3) is 0 Å². The van der Waals surface area contributed by atoms with Gasteiger partial charge in [-0.05, 0) is 157 Å². The summed E-state index contributed by atoms with van der Waals surface area (Å²) in [5.41, 5.74) is 13.2. The number of aromatic amines is 2. The molecule has 0 aliphatic rings. The zero-order chi connectivity index (χ0) is 60.6. The maximum absolute atomic E-state index is 12.4. The molecule has 0 amide bonds. The molecule has 0 saturated carbocycles. The minimum absolute atomic E-state index is 0.0381. The number of nitrogens with two attached hydrogens (primary N) is 1. The van der Waals surface area contributed by atoms with Crippen LogP contribution < -0.4 is 16.9 Å². The number of halogens is 1. The second-order valence-electron chi connectivity index (χ2n) is 19.8. The van der Waals surface area contributed by atoms with E-state index in [1.54, 1.807) is 83.7 Å². The molecule has 16 nitrogen and oxygen atoms in total. The highest BCUT2D eigenvalue weighted by atomic mass is 127. The Bertz CT molecular complexity index is 3010. The van der Waals surface area contributed by atoms with Gasteiger partial charge in [-0.2, -0.15) is 0 Å². The Balaban J connectivity index is 0.000000504. The van der Waals surface area contributed by atoms with E-state index in [4.69, 9.17) is 30.2 Å². The lowest BCUT2D eigenvalue weighted by Gasteiger charge is -2.23. The normalized spacial score (nSPS) is 11.6. The van der Waals surface area contributed by atoms with Crippen molar-refractivity contribution in [1.82, 2.24) is 9.97 Å². The molecule has 428 valence electrons. The molecular formula is C62H81IN3O13+. The number of carboxylic acids is 2. The summed E-state index contributed by atoms with van der Waals surface area (Å²) in [4.78, 5) is 75.3. The summed E-state index contributed by atoms with van der Waals surface area (Å²) in [7, 11) is 6.27. The van der Waals surface area contributed by atoms with Gasteiger partial charge in [0.15, 0.2) is 5.78 Å². The third kappa shape index (κ3) is 22.5. The summed E-state index contributed by atoms with van der Waals surface area (Å²) in [5, 5.41) is 26.9. The van der Waals surface area contributed by atoms with Crippen LogP contribution in [0.5, 0.6) is 0 Å². The van der Waals surface area contributed by atoms with Crippen molar-refractivity contribution in [3.63, 3.8) is 0 Å². The Morgan fingerprint density at radius 3 is 1.20 bits per heavy atom. The summed E-state index contributed by atoms with van der Waals surface area (Å²) < 4.78 is 20.6. The number of nitrogens with one attached hydrogen (secondary N) is 2. The number of rotatable bonds is 15. The fraction of sp³-hybridized carbons (Fsp3) is 0.371. The Kier molecular flexibility index (Phi) is 28.8. The van der Waals surface area contributed by atoms with Crippen LogP contribution in [-0.2, 0) is 54.3 Å². The van der Waals surface area contributed by atoms with Crippen molar-refractivity contribution < 1.29 is 53.4 Å². The molecule has 79 heavy (non-hydrogen) atoms. The molecule has 0 aliphatic carbocycles. The fourth-order valence-electron chi connectivity index (χ4n) is 7.23. The number of carboxylic acid groups (broad SMARTS) is 2. The van der Waals surface area contributed by atoms with Crippen LogP contribution in [0.3, 0.4) is 0 Å². The number of Topliss-reactive ketones (excluding diaryl/α,β-unsaturated/α-hetero) is 1. The maximum atomic E-state index is 12.4. The van der Waals surface area contributed by atoms with E-state index in [1.807, 2.05) is 116 Å². The van der Waals surface area contributed by atoms with Crippen LogP contribution in [0.4, 0.5) is 0 Å². The third-order valence-corrected chi connectivity index (χ3v) is 12.7. The first kappa shape index (κ1) is 70.3. The van der Waals surface area contributed by atoms with E-state index in [-0.39, 0.29) is 45.2 Å². The summed E-state index contributed by atoms with van der Waals surface area (Å²) in [5.74, 6) is -2.17. The Hall–Kier alpha value is -6.74. The van der Waals surface area contributed by atoms with Gasteiger partial charge in [-0.25, -0.2) is 14.4 Å². The molecule has 0 fully saturated rings. The van der Waals surface area contributed by atoms with Gasteiger partial charge in [0.2, 0.25) is 5.60 Å². The molecule has 0 bridgehead atoms. The zero-order valence-corrected chi connectivity index (χ0v) is 50.8. The van der Waals surface area contributed by atoms with E-state index in [1.165, 1.54) is 19.2 Å². The van der Waals surface area contributed by atoms with Crippen molar-refractivity contribution in [1.29, 1.82) is 0 Å². The highest BCUT2D eigenvalue weighted by Crippen LogP contribution is 2.26. The predicted octanol–water partition coefficient (Wildman–Crippen LogP) is 11.2. The number of methoxy groups -OCH3 is 4. The molecule has 1 unspecified atom stereocenters. The van der Waals surface area contributed by atoms with Gasteiger partial charge in [0.1, 0.15) is 0 Å². The molecule has 4 aromatic carbocycles. The van der Waals surface area contributed by atoms with E-state index < -0.39 is 23.1 Å². The number of carbonyl (C=O) groups excluding carboxylic acids is 2. The SMILES string of the molecule is CC(C)(O)c1ccc(C(=O)O)cc1.CI.COC(=O)c1ccc(C(C)(C)OC)cc1.COC(C)(C)c1ccc(C(=O)CCc2c(C)cc(C)[nH]c2=O)cc1.Cc1cc(C)c(CN)c(=O)[nH]1.[CH2+]C(C)(OC)c1ccc(C(=O)O)cc1. The van der Waals surface area contributed by atoms with Gasteiger partial charge < -0.3 is 50.0 Å². The first-order valence-corrected chi connectivity index (χ1v) is 27.1. The lowest BCUT2D eigenvalue weighted by molar-refractivity contribution is 0.0190. The van der Waals surface area contributed by atoms with Gasteiger partial charge in [-0.1, -0.05) is 83.3 Å². The Morgan fingerprint density at radius 2 is 0.886 bits per heavy atom. The maximum Gasteiger partial charge on any atom is 0.337 e. The average molecular weight is 1200 g/mol. The molecule has 2 aromatic heterocycles. The van der Waals surface area contributed by atoms with E-state index in [0.717, 1.165) is 39.2 Å². The molecule has 7 N–H and O–H groups in total. The van der Waals surface area contributed by atoms with Crippen molar-refractivity contribution >= 4 is 46.3 Å². The topological polar surface area (TPSA) is 258 Å². The lowest BCUT2D eigenvalue weighted by atomic mass is 9.95. The highest BCUT2D eigenvalue weighted by molar-refractivity contribution is 14.1. The van der Waals surface area contributed by atoms with Crippen LogP contribution in [0.15, 0.2) is 119 Å². The first-order valence-electron chi connectivity index (χ1n) is 25.0. The average Bonchev–Trinajstić information content (AvgIpc) is 3.41. The van der Waals surface area contributed by atoms with Gasteiger partial charge in [-0.15, -0.1) is 0 Å². The van der Waals surface area contributed by atoms with Crippen molar-refractivity contribution in [2.75, 3.05) is 33.4 Å². The third-order valence-electron chi connectivity index (χ3n) is 12.7. The molecular weight excluding hydrogens is 1120 g/mol. The van der Waals surface area contributed by atoms with Crippen LogP contribution in [-0.4, -0.2) is 82.3 Å². The number of aliphatic hydroxyl groups is 1. The lowest BCUT2D eigenvalue weighted by Crippen LogP contribution is -2.19. The van der Waals surface area contributed by atoms with Crippen molar-refractivity contribution in [3.05, 3.63) is 215 Å². The highest BCUT2D eigenvalue weighted by Gasteiger charge is 2.27. The number of aromatic carboxylic acids is 2. The molecule has 6 aromatic rings. The number of alkyl halides is 1. The zero-order valence-electron chi connectivity index (χ0n) is 48.6. The standard InChI is InChI=1S/C20H25NO3.C12H16O3.C11H12O3.C10H12O3.C8H12N2O.CH3I/c1-13-12-14(2)21-19(23)17(13)10-11-18(22)15-6-8-16(9-7-15)20(3,4)24-5;1-12(2,15-4)10-7-5-9(6-8-10)11(13)14-3;1-11(2,14-3)9-6-4-8(5-7-9)10(12)13;1-10(2,13)8-5-3-7(4-6-8)9(11)12;1-5-3-6(2)10-8(11)7(5)4-9;1-2/h6-9,12H,10-11H2,1-5H3,(H,21,23);5-8H,1-4H3;4-7H,1H2,2-3H3;3-6,13H,1-2H3,(H,11,12);3H,4,9H2,1-2H3,(H,10,11);1H3/p+1. The number of aromatic nitrogens is 2. The van der Waals surface area contributed by atoms with Crippen LogP contribution in [0, 0.1) is 34.6 Å². The summed E-state index contributed by atoms with van der Waals surface area (Å²) in [6.07, 6.45) is 0.769. The number of benzene rings is 4. The van der Waals surface area contributed by atoms with Crippen LogP contribution in [0.2, 0.25) is 0 Å². The predicted molar refractivity (Wildman–Crippen MR) is 320 cm³/mol. The van der Waals surface area contributed by atoms with Gasteiger partial charge >= 0.3 is 17.9 Å². The minimum Gasteiger partial charge on any atom is -0.478 e. The van der Waals surface area contributed by atoms with Gasteiger partial charge in [-0.3, -0.25) is 14.4 Å². The molecule has 17 heteroatoms. The van der Waals surface area contributed by atoms with Crippen molar-refractivity contribution in [3.8, 4) is 0 Å². The second-order valence-corrected chi connectivity index (χ2v) is 19.8. The number of hydrogen-bond donors (Lipinski definition) is 6. The summed E-state index contributed by atoms with van der Waals surface area (Å²) >= 11 is 2.15. The largest absolute Gasteiger partial charge is 0.478 e. The number of H-pyrrole nitrogens is 2. The number of hydrogen-bond acceptors (Lipinski definition) is 12. The Morgan fingerprint density at radius 1 is 0.544 bits per heavy atom. The summed E-state index contributed by atoms with van der Waals surface area (Å²) in [6, 6.07) is 31.2. The molecule has 0 saturated heterocycles. The molecule has 1 atom stereocenters. The van der Waals surface area contributed by atoms with E-state index in [0.29, 0.717) is 47.2 Å². The number of pyridine rings is 2. The number of carbonyl (C=O) groups is 4. The monoisotopic (exact) mass is 1200 g/mol. The molecule has 0 radical (unpaired) electrons. The number of ketones is 1. The van der Waals surface area contributed by atoms with E-state index in [9.17, 15) is 33.9 Å². The van der Waals surface area contributed by atoms with Crippen LogP contribution >= 0.6 is 22.6 Å². The first-order chi connectivity index (χ1) is 36.8. The fourth-order valence-corrected chi connectivity index (χ4v) is 7.23. The second kappa shape index (κ2) is 32.4. The van der Waals surface area contributed by atoms with E-state index >= 15 is 0 Å². The molecule has 0 spiro atoms. The molecule has 6 rings (SSSR count). The van der Waals surface area contributed by atoms with Gasteiger partial charge in [0.25, 0.3) is 11.1 Å². The van der Waals surface area contributed by atoms with Crippen molar-refractivity contribution in [2.45, 2.75) is 118 Å². The van der Waals surface area contributed by atoms with Gasteiger partial charge in [0.05, 0.1) is 47.5 Å². The minimum atomic E-state index is -0.956. The number of esters is 1. The quantitative estimate of drug-likeness (QED) is 0.0184. The summed E-state index contributed by atoms with van der Waals surface area (Å²) in [6.45, 7) is 24.7. The van der Waals surface area contributed by atoms with Crippen molar-refractivity contribution in [2.24, 2.45) is 5.73 Å². The van der Waals surface area contributed by atoms with Gasteiger partial charge in [0, 0.05) is 74.9 Å². The number of aryl methyl sites for hydroxylation is 4. The Labute approximate surface area is 479 Å². The molecule has 2 heterocycles.